The van der Waals surface area contributed by atoms with Crippen molar-refractivity contribution < 1.29 is 13.5 Å². The number of benzene rings is 1. The average molecular weight is 378 g/mol. The standard InChI is InChI=1S/C18H26N4O3S/c1-26(24,25)20-14-18(23)8-5-10-22(11-9-18)13-16-12-19-21-17(16)15-6-3-2-4-7-15/h2-4,6-7,12,20,23H,5,8-11,13-14H2,1H3,(H,19,21)/t18-/m0/s1. The number of rotatable bonds is 6. The average Bonchev–Trinajstić information content (AvgIpc) is 2.98. The molecule has 0 aliphatic carbocycles. The van der Waals surface area contributed by atoms with Crippen LogP contribution in [0.25, 0.3) is 11.3 Å². The summed E-state index contributed by atoms with van der Waals surface area (Å²) in [6, 6.07) is 10.1. The molecule has 3 rings (SSSR count). The van der Waals surface area contributed by atoms with E-state index in [1.807, 2.05) is 24.4 Å². The van der Waals surface area contributed by atoms with E-state index < -0.39 is 15.6 Å². The fourth-order valence-corrected chi connectivity index (χ4v) is 3.89. The first kappa shape index (κ1) is 19.0. The molecular weight excluding hydrogens is 352 g/mol. The van der Waals surface area contributed by atoms with Crippen molar-refractivity contribution in [3.8, 4) is 11.3 Å². The van der Waals surface area contributed by atoms with Gasteiger partial charge in [-0.2, -0.15) is 5.10 Å². The van der Waals surface area contributed by atoms with Crippen LogP contribution in [0.5, 0.6) is 0 Å². The summed E-state index contributed by atoms with van der Waals surface area (Å²) in [5, 5.41) is 18.0. The molecule has 0 unspecified atom stereocenters. The molecule has 1 aromatic carbocycles. The van der Waals surface area contributed by atoms with Crippen molar-refractivity contribution in [1.82, 2.24) is 19.8 Å². The fourth-order valence-electron chi connectivity index (χ4n) is 3.36. The van der Waals surface area contributed by atoms with Crippen LogP contribution in [0.15, 0.2) is 36.5 Å². The Hall–Kier alpha value is -1.74. The van der Waals surface area contributed by atoms with Gasteiger partial charge in [0.2, 0.25) is 10.0 Å². The van der Waals surface area contributed by atoms with E-state index in [0.29, 0.717) is 19.4 Å². The van der Waals surface area contributed by atoms with Gasteiger partial charge in [0.25, 0.3) is 0 Å². The number of H-pyrrole nitrogens is 1. The Bertz CT molecular complexity index is 822. The number of hydrogen-bond acceptors (Lipinski definition) is 5. The number of nitrogens with one attached hydrogen (secondary N) is 2. The van der Waals surface area contributed by atoms with Crippen LogP contribution in [0.4, 0.5) is 0 Å². The molecule has 7 nitrogen and oxygen atoms in total. The monoisotopic (exact) mass is 378 g/mol. The summed E-state index contributed by atoms with van der Waals surface area (Å²) in [6.45, 7) is 2.39. The molecule has 8 heteroatoms. The minimum absolute atomic E-state index is 0.0701. The first-order chi connectivity index (χ1) is 12.3. The zero-order chi connectivity index (χ0) is 18.6. The smallest absolute Gasteiger partial charge is 0.208 e. The van der Waals surface area contributed by atoms with Crippen molar-refractivity contribution in [2.45, 2.75) is 31.4 Å². The van der Waals surface area contributed by atoms with Crippen LogP contribution in [0, 0.1) is 0 Å². The Labute approximate surface area is 154 Å². The Kier molecular flexibility index (Phi) is 5.76. The third kappa shape index (κ3) is 5.14. The molecule has 0 amide bonds. The summed E-state index contributed by atoms with van der Waals surface area (Å²) < 4.78 is 25.1. The molecule has 1 aliphatic rings. The van der Waals surface area contributed by atoms with Crippen molar-refractivity contribution in [3.05, 3.63) is 42.1 Å². The number of sulfonamides is 1. The largest absolute Gasteiger partial charge is 0.388 e. The van der Waals surface area contributed by atoms with Gasteiger partial charge < -0.3 is 5.11 Å². The van der Waals surface area contributed by atoms with Crippen molar-refractivity contribution in [1.29, 1.82) is 0 Å². The van der Waals surface area contributed by atoms with Gasteiger partial charge in [0, 0.05) is 25.2 Å². The lowest BCUT2D eigenvalue weighted by atomic mass is 9.95. The third-order valence-corrected chi connectivity index (χ3v) is 5.52. The molecule has 1 aliphatic heterocycles. The van der Waals surface area contributed by atoms with Crippen molar-refractivity contribution in [2.24, 2.45) is 0 Å². The maximum atomic E-state index is 11.3. The van der Waals surface area contributed by atoms with Crippen LogP contribution in [0.1, 0.15) is 24.8 Å². The summed E-state index contributed by atoms with van der Waals surface area (Å²) in [5.41, 5.74) is 2.25. The van der Waals surface area contributed by atoms with E-state index in [1.54, 1.807) is 0 Å². The van der Waals surface area contributed by atoms with E-state index in [4.69, 9.17) is 0 Å². The molecule has 3 N–H and O–H groups in total. The van der Waals surface area contributed by atoms with Gasteiger partial charge in [0.1, 0.15) is 0 Å². The molecule has 0 spiro atoms. The first-order valence-electron chi connectivity index (χ1n) is 8.82. The topological polar surface area (TPSA) is 98.3 Å². The third-order valence-electron chi connectivity index (χ3n) is 4.85. The summed E-state index contributed by atoms with van der Waals surface area (Å²) in [7, 11) is -3.30. The van der Waals surface area contributed by atoms with Gasteiger partial charge >= 0.3 is 0 Å². The molecule has 0 bridgehead atoms. The molecule has 2 heterocycles. The van der Waals surface area contributed by atoms with Gasteiger partial charge in [-0.05, 0) is 31.4 Å². The molecule has 1 aromatic heterocycles. The number of likely N-dealkylation sites (tertiary alicyclic amines) is 1. The minimum Gasteiger partial charge on any atom is -0.388 e. The Morgan fingerprint density at radius 2 is 2.04 bits per heavy atom. The second-order valence-electron chi connectivity index (χ2n) is 7.08. The van der Waals surface area contributed by atoms with Crippen molar-refractivity contribution >= 4 is 10.0 Å². The highest BCUT2D eigenvalue weighted by molar-refractivity contribution is 7.88. The van der Waals surface area contributed by atoms with Gasteiger partial charge in [-0.1, -0.05) is 30.3 Å². The van der Waals surface area contributed by atoms with Crippen LogP contribution in [-0.2, 0) is 16.6 Å². The summed E-state index contributed by atoms with van der Waals surface area (Å²) in [5.74, 6) is 0. The normalized spacial score (nSPS) is 22.2. The Balaban J connectivity index is 1.63. The minimum atomic E-state index is -3.30. The first-order valence-corrected chi connectivity index (χ1v) is 10.7. The van der Waals surface area contributed by atoms with Crippen molar-refractivity contribution in [2.75, 3.05) is 25.9 Å². The van der Waals surface area contributed by atoms with Crippen LogP contribution < -0.4 is 4.72 Å². The fraction of sp³-hybridized carbons (Fsp3) is 0.500. The maximum absolute atomic E-state index is 11.3. The van der Waals surface area contributed by atoms with Gasteiger partial charge in [-0.3, -0.25) is 10.00 Å². The van der Waals surface area contributed by atoms with Crippen LogP contribution in [0.3, 0.4) is 0 Å². The molecule has 0 saturated carbocycles. The van der Waals surface area contributed by atoms with E-state index in [2.05, 4.69) is 32.0 Å². The Morgan fingerprint density at radius 3 is 2.77 bits per heavy atom. The van der Waals surface area contributed by atoms with E-state index in [0.717, 1.165) is 42.6 Å². The summed E-state index contributed by atoms with van der Waals surface area (Å²) >= 11 is 0. The lowest BCUT2D eigenvalue weighted by molar-refractivity contribution is 0.0305. The van der Waals surface area contributed by atoms with Crippen LogP contribution in [0.2, 0.25) is 0 Å². The number of aromatic nitrogens is 2. The van der Waals surface area contributed by atoms with Gasteiger partial charge in [-0.25, -0.2) is 13.1 Å². The maximum Gasteiger partial charge on any atom is 0.208 e. The molecule has 1 saturated heterocycles. The lowest BCUT2D eigenvalue weighted by Crippen LogP contribution is -2.43. The van der Waals surface area contributed by atoms with Crippen molar-refractivity contribution in [3.63, 3.8) is 0 Å². The number of nitrogens with zero attached hydrogens (tertiary/aromatic N) is 2. The van der Waals surface area contributed by atoms with Gasteiger partial charge in [0.05, 0.1) is 23.7 Å². The van der Waals surface area contributed by atoms with E-state index in [1.165, 1.54) is 0 Å². The highest BCUT2D eigenvalue weighted by atomic mass is 32.2. The predicted molar refractivity (Wildman–Crippen MR) is 101 cm³/mol. The van der Waals surface area contributed by atoms with Crippen LogP contribution >= 0.6 is 0 Å². The molecule has 26 heavy (non-hydrogen) atoms. The lowest BCUT2D eigenvalue weighted by Gasteiger charge is -2.27. The Morgan fingerprint density at radius 1 is 1.27 bits per heavy atom. The zero-order valence-corrected chi connectivity index (χ0v) is 15.8. The van der Waals surface area contributed by atoms with Gasteiger partial charge in [0.15, 0.2) is 0 Å². The molecule has 1 atom stereocenters. The molecule has 0 radical (unpaired) electrons. The molecule has 2 aromatic rings. The second kappa shape index (κ2) is 7.87. The summed E-state index contributed by atoms with van der Waals surface area (Å²) in [4.78, 5) is 2.29. The quantitative estimate of drug-likeness (QED) is 0.705. The number of aliphatic hydroxyl groups is 1. The van der Waals surface area contributed by atoms with Gasteiger partial charge in [-0.15, -0.1) is 0 Å². The second-order valence-corrected chi connectivity index (χ2v) is 8.92. The van der Waals surface area contributed by atoms with E-state index in [9.17, 15) is 13.5 Å². The zero-order valence-electron chi connectivity index (χ0n) is 15.0. The van der Waals surface area contributed by atoms with E-state index >= 15 is 0 Å². The number of hydrogen-bond donors (Lipinski definition) is 3. The molecule has 1 fully saturated rings. The highest BCUT2D eigenvalue weighted by Gasteiger charge is 2.31. The summed E-state index contributed by atoms with van der Waals surface area (Å²) in [6.07, 6.45) is 4.91. The highest BCUT2D eigenvalue weighted by Crippen LogP contribution is 2.26. The van der Waals surface area contributed by atoms with E-state index in [-0.39, 0.29) is 6.54 Å². The molecule has 142 valence electrons. The predicted octanol–water partition coefficient (Wildman–Crippen LogP) is 1.34. The SMILES string of the molecule is CS(=O)(=O)NC[C@]1(O)CCCN(Cc2cn[nH]c2-c2ccccc2)CC1. The molecular formula is C18H26N4O3S. The van der Waals surface area contributed by atoms with Crippen LogP contribution in [-0.4, -0.2) is 60.1 Å². The number of aromatic amines is 1.